The van der Waals surface area contributed by atoms with Gasteiger partial charge >= 0.3 is 0 Å². The lowest BCUT2D eigenvalue weighted by molar-refractivity contribution is -0.137. The molecule has 2 heterocycles. The van der Waals surface area contributed by atoms with Gasteiger partial charge in [-0.2, -0.15) is 5.21 Å². The zero-order chi connectivity index (χ0) is 66.8. The van der Waals surface area contributed by atoms with Gasteiger partial charge in [-0.25, -0.2) is 4.98 Å². The molecule has 33 nitrogen and oxygen atoms in total. The van der Waals surface area contributed by atoms with E-state index >= 15 is 0 Å². The molecular formula is C57H98N18O15. The Morgan fingerprint density at radius 3 is 1.39 bits per heavy atom. The maximum Gasteiger partial charge on any atom is 0.245 e. The van der Waals surface area contributed by atoms with Crippen molar-refractivity contribution in [2.45, 2.75) is 230 Å². The monoisotopic (exact) mass is 1270 g/mol. The summed E-state index contributed by atoms with van der Waals surface area (Å²) in [7, 11) is 0. The van der Waals surface area contributed by atoms with Crippen LogP contribution in [0.25, 0.3) is 0 Å². The van der Waals surface area contributed by atoms with Crippen LogP contribution in [-0.2, 0) is 70.4 Å². The highest BCUT2D eigenvalue weighted by Gasteiger charge is 2.35. The number of carbonyl (C=O) groups excluding carboxylic acids is 12. The van der Waals surface area contributed by atoms with Crippen LogP contribution >= 0.6 is 0 Å². The largest absolute Gasteiger partial charge is 0.394 e. The van der Waals surface area contributed by atoms with E-state index in [2.05, 4.69) is 83.8 Å². The summed E-state index contributed by atoms with van der Waals surface area (Å²) in [5.74, 6) is -10.2. The molecule has 33 heteroatoms. The second-order valence-corrected chi connectivity index (χ2v) is 22.4. The topological polar surface area (TPSA) is 521 Å². The number of ketones is 1. The molecule has 0 saturated heterocycles. The number of aliphatic hydroxyl groups excluding tert-OH is 3. The van der Waals surface area contributed by atoms with Crippen LogP contribution in [0.15, 0.2) is 12.5 Å². The summed E-state index contributed by atoms with van der Waals surface area (Å²) < 4.78 is 0. The lowest BCUT2D eigenvalue weighted by Gasteiger charge is -2.27. The highest BCUT2D eigenvalue weighted by atomic mass is 16.3. The summed E-state index contributed by atoms with van der Waals surface area (Å²) in [5, 5.41) is 68.9. The van der Waals surface area contributed by atoms with E-state index in [1.807, 2.05) is 6.92 Å². The molecule has 2 aromatic heterocycles. The molecule has 0 aliphatic carbocycles. The van der Waals surface area contributed by atoms with Crippen LogP contribution in [0.5, 0.6) is 0 Å². The van der Waals surface area contributed by atoms with Gasteiger partial charge in [-0.3, -0.25) is 57.5 Å². The number of nitrogens with two attached hydrogens (primary N) is 2. The van der Waals surface area contributed by atoms with Crippen molar-refractivity contribution in [1.29, 1.82) is 0 Å². The van der Waals surface area contributed by atoms with Crippen LogP contribution in [0, 0.1) is 0 Å². The third kappa shape index (κ3) is 33.5. The summed E-state index contributed by atoms with van der Waals surface area (Å²) in [6.07, 6.45) is 17.0. The normalized spacial score (nSPS) is 13.8. The van der Waals surface area contributed by atoms with Crippen molar-refractivity contribution >= 4 is 70.8 Å². The fraction of sp³-hybridized carbons (Fsp3) is 0.719. The van der Waals surface area contributed by atoms with Gasteiger partial charge in [-0.15, -0.1) is 10.2 Å². The fourth-order valence-electron chi connectivity index (χ4n) is 9.09. The molecule has 2 rings (SSSR count). The number of aryl methyl sites for hydroxylation is 1. The predicted molar refractivity (Wildman–Crippen MR) is 325 cm³/mol. The first-order chi connectivity index (χ1) is 43.0. The smallest absolute Gasteiger partial charge is 0.245 e. The van der Waals surface area contributed by atoms with Crippen molar-refractivity contribution in [3.63, 3.8) is 0 Å². The predicted octanol–water partition coefficient (Wildman–Crippen LogP) is -3.55. The molecule has 0 fully saturated rings. The molecule has 19 N–H and O–H groups in total. The second-order valence-electron chi connectivity index (χ2n) is 22.4. The van der Waals surface area contributed by atoms with Gasteiger partial charge in [0, 0.05) is 56.6 Å². The number of aliphatic hydroxyl groups is 3. The number of amides is 11. The lowest BCUT2D eigenvalue weighted by atomic mass is 10.0. The third-order valence-electron chi connectivity index (χ3n) is 14.4. The number of H-pyrrole nitrogens is 2. The van der Waals surface area contributed by atoms with Crippen molar-refractivity contribution in [2.24, 2.45) is 11.5 Å². The van der Waals surface area contributed by atoms with Gasteiger partial charge in [0.05, 0.1) is 38.7 Å². The van der Waals surface area contributed by atoms with Gasteiger partial charge in [0.15, 0.2) is 11.6 Å². The van der Waals surface area contributed by atoms with Gasteiger partial charge in [0.1, 0.15) is 42.3 Å². The summed E-state index contributed by atoms with van der Waals surface area (Å²) in [6.45, 7) is 2.92. The highest BCUT2D eigenvalue weighted by Crippen LogP contribution is 2.14. The number of tetrazole rings is 1. The van der Waals surface area contributed by atoms with E-state index in [1.54, 1.807) is 13.8 Å². The Balaban J connectivity index is 2.02. The number of imidazole rings is 1. The number of nitrogens with zero attached hydrogens (tertiary/aromatic N) is 4. The molecular weight excluding hydrogens is 1180 g/mol. The summed E-state index contributed by atoms with van der Waals surface area (Å²) in [4.78, 5) is 164. The van der Waals surface area contributed by atoms with E-state index in [9.17, 15) is 72.9 Å². The number of unbranched alkanes of at least 4 members (excludes halogenated alkanes) is 13. The van der Waals surface area contributed by atoms with Crippen LogP contribution in [0.4, 0.5) is 0 Å². The number of nitrogens with one attached hydrogen (secondary N) is 12. The first-order valence-corrected chi connectivity index (χ1v) is 31.0. The minimum atomic E-state index is -1.92. The summed E-state index contributed by atoms with van der Waals surface area (Å²) in [6, 6.07) is -12.7. The molecule has 0 bridgehead atoms. The first kappa shape index (κ1) is 78.1. The van der Waals surface area contributed by atoms with E-state index in [-0.39, 0.29) is 31.2 Å². The molecule has 0 aliphatic rings. The zero-order valence-corrected chi connectivity index (χ0v) is 52.3. The van der Waals surface area contributed by atoms with E-state index < -0.39 is 165 Å². The Kier molecular flexibility index (Phi) is 39.2. The van der Waals surface area contributed by atoms with E-state index in [0.717, 1.165) is 63.6 Å². The van der Waals surface area contributed by atoms with Crippen molar-refractivity contribution in [1.82, 2.24) is 83.8 Å². The van der Waals surface area contributed by atoms with Crippen LogP contribution in [-0.4, -0.2) is 204 Å². The maximum absolute atomic E-state index is 14.1. The third-order valence-corrected chi connectivity index (χ3v) is 14.4. The number of carbonyl (C=O) groups is 12. The van der Waals surface area contributed by atoms with E-state index in [4.69, 9.17) is 11.5 Å². The Morgan fingerprint density at radius 1 is 0.511 bits per heavy atom. The Bertz CT molecular complexity index is 2520. The molecule has 90 heavy (non-hydrogen) atoms. The molecule has 0 spiro atoms. The minimum absolute atomic E-state index is 0.0935. The van der Waals surface area contributed by atoms with Gasteiger partial charge in [0.25, 0.3) is 0 Å². The summed E-state index contributed by atoms with van der Waals surface area (Å²) in [5.41, 5.74) is 11.0. The van der Waals surface area contributed by atoms with Crippen molar-refractivity contribution in [3.8, 4) is 0 Å². The zero-order valence-electron chi connectivity index (χ0n) is 52.3. The number of hydrogen-bond acceptors (Lipinski definition) is 20. The second kappa shape index (κ2) is 45.2. The van der Waals surface area contributed by atoms with Crippen molar-refractivity contribution in [2.75, 3.05) is 32.9 Å². The Hall–Kier alpha value is -8.04. The Labute approximate surface area is 524 Å². The van der Waals surface area contributed by atoms with Gasteiger partial charge < -0.3 is 84.9 Å². The van der Waals surface area contributed by atoms with Crippen LogP contribution < -0.4 is 64.6 Å². The molecule has 0 unspecified atom stereocenters. The van der Waals surface area contributed by atoms with Gasteiger partial charge in [-0.05, 0) is 39.0 Å². The number of rotatable bonds is 51. The average molecular weight is 1280 g/mol. The SMILES string of the molecule is CCCC[C@H](NC(=O)[C@H](CNC(C)C)NC(=O)[C@H](Cc1cnc[nH]1)NC(=O)[C@H](CCC(N)=O)NC(=O)[C@H](CO)NC(=O)[C@H](CO)NC(=O)[C@H](CCC(N)=O)NC(=O)[C@@H](CO)NC(=O)CNC(=O)CCCCCCCCCCCCCCCc1nn[nH]n1)C(C)=O. The van der Waals surface area contributed by atoms with Gasteiger partial charge in [0.2, 0.25) is 65.0 Å². The standard InChI is InChI=1S/C57H98N18O15/c1-5-6-20-38(36(4)79)65-54(87)42(29-61-35(2)3)69-53(86)41(27-37-28-60-34-63-37)68-51(84)39(23-25-46(58)80)67-56(89)44(32-77)71-57(90)45(33-78)70-52(85)40(24-26-47(59)81)66-55(88)43(31-76)64-50(83)30-62-49(82)22-19-17-15-13-11-9-7-8-10-12-14-16-18-21-48-72-74-75-73-48/h28,34-35,38-45,61,76-78H,5-27,29-33H2,1-4H3,(H2,58,80)(H2,59,81)(H,60,63)(H,62,82)(H,64,83)(H,65,87)(H,66,88)(H,67,89)(H,68,84)(H,69,86)(H,70,85)(H,71,90)(H,72,73,74,75)/t38-,39-,40-,41-,42-,43+,44-,45-/m0/s1. The van der Waals surface area contributed by atoms with Crippen molar-refractivity contribution in [3.05, 3.63) is 24.0 Å². The minimum Gasteiger partial charge on any atom is -0.394 e. The highest BCUT2D eigenvalue weighted by molar-refractivity contribution is 5.98. The molecule has 0 radical (unpaired) electrons. The number of primary amides is 2. The molecule has 2 aromatic rings. The van der Waals surface area contributed by atoms with Crippen molar-refractivity contribution < 1.29 is 72.9 Å². The van der Waals surface area contributed by atoms with Crippen LogP contribution in [0.1, 0.15) is 174 Å². The molecule has 11 amide bonds. The summed E-state index contributed by atoms with van der Waals surface area (Å²) >= 11 is 0. The first-order valence-electron chi connectivity index (χ1n) is 31.0. The molecule has 0 saturated carbocycles. The number of aromatic amines is 2. The average Bonchev–Trinajstić information content (AvgIpc) is 3.94. The molecule has 0 aliphatic heterocycles. The van der Waals surface area contributed by atoms with Crippen LogP contribution in [0.2, 0.25) is 0 Å². The fourth-order valence-corrected chi connectivity index (χ4v) is 9.09. The number of aromatic nitrogens is 6. The molecule has 8 atom stereocenters. The Morgan fingerprint density at radius 2 is 0.944 bits per heavy atom. The lowest BCUT2D eigenvalue weighted by Crippen LogP contribution is -2.62. The van der Waals surface area contributed by atoms with Crippen LogP contribution in [0.3, 0.4) is 0 Å². The molecule has 506 valence electrons. The maximum atomic E-state index is 14.1. The number of Topliss-reactive ketones (excluding diaryl/α,β-unsaturated/α-hetero) is 1. The van der Waals surface area contributed by atoms with Gasteiger partial charge in [-0.1, -0.05) is 109 Å². The van der Waals surface area contributed by atoms with E-state index in [1.165, 1.54) is 51.6 Å². The number of hydrogen-bond donors (Lipinski definition) is 17. The van der Waals surface area contributed by atoms with E-state index in [0.29, 0.717) is 25.0 Å². The molecule has 0 aromatic carbocycles. The quantitative estimate of drug-likeness (QED) is 0.0285.